The van der Waals surface area contributed by atoms with Crippen molar-refractivity contribution in [1.82, 2.24) is 14.5 Å². The summed E-state index contributed by atoms with van der Waals surface area (Å²) in [4.78, 5) is 7.86. The summed E-state index contributed by atoms with van der Waals surface area (Å²) < 4.78 is 6.85. The van der Waals surface area contributed by atoms with Crippen molar-refractivity contribution in [2.24, 2.45) is 0 Å². The van der Waals surface area contributed by atoms with E-state index in [2.05, 4.69) is 9.97 Å². The molecule has 9 nitrogen and oxygen atoms in total. The van der Waals surface area contributed by atoms with E-state index in [0.717, 1.165) is 0 Å². The normalized spacial score (nSPS) is 29.3. The number of ether oxygens (including phenoxy) is 1. The second-order valence-electron chi connectivity index (χ2n) is 4.78. The third kappa shape index (κ3) is 2.10. The lowest BCUT2D eigenvalue weighted by Gasteiger charge is -2.17. The second-order valence-corrected chi connectivity index (χ2v) is 5.19. The molecule has 1 aliphatic rings. The molecule has 21 heavy (non-hydrogen) atoms. The molecule has 10 heteroatoms. The minimum atomic E-state index is -1.26. The van der Waals surface area contributed by atoms with Gasteiger partial charge in [0.25, 0.3) is 0 Å². The maximum atomic E-state index is 10.1. The van der Waals surface area contributed by atoms with Crippen LogP contribution in [-0.2, 0) is 4.74 Å². The van der Waals surface area contributed by atoms with E-state index in [4.69, 9.17) is 32.9 Å². The fourth-order valence-corrected chi connectivity index (χ4v) is 2.74. The zero-order chi connectivity index (χ0) is 15.3. The monoisotopic (exact) mass is 315 g/mol. The van der Waals surface area contributed by atoms with Gasteiger partial charge in [-0.25, -0.2) is 0 Å². The summed E-state index contributed by atoms with van der Waals surface area (Å²) in [6, 6.07) is 0. The summed E-state index contributed by atoms with van der Waals surface area (Å²) in [5.41, 5.74) is 11.6. The molecule has 7 N–H and O–H groups in total. The van der Waals surface area contributed by atoms with Crippen molar-refractivity contribution in [3.05, 3.63) is 11.2 Å². The van der Waals surface area contributed by atoms with Gasteiger partial charge >= 0.3 is 0 Å². The van der Waals surface area contributed by atoms with E-state index in [0.29, 0.717) is 5.39 Å². The van der Waals surface area contributed by atoms with E-state index >= 15 is 0 Å². The Morgan fingerprint density at radius 1 is 1.29 bits per heavy atom. The molecule has 0 amide bonds. The number of rotatable bonds is 2. The number of aromatic nitrogens is 3. The number of hydrogen-bond donors (Lipinski definition) is 5. The zero-order valence-electron chi connectivity index (χ0n) is 10.7. The Kier molecular flexibility index (Phi) is 3.38. The number of halogens is 1. The highest BCUT2D eigenvalue weighted by Gasteiger charge is 2.44. The van der Waals surface area contributed by atoms with E-state index < -0.39 is 31.1 Å². The number of aliphatic hydroxyl groups excluding tert-OH is 3. The van der Waals surface area contributed by atoms with Crippen molar-refractivity contribution >= 4 is 34.4 Å². The summed E-state index contributed by atoms with van der Waals surface area (Å²) in [7, 11) is 0. The molecule has 0 bridgehead atoms. The van der Waals surface area contributed by atoms with Crippen molar-refractivity contribution in [2.75, 3.05) is 18.1 Å². The smallest absolute Gasteiger partial charge is 0.223 e. The van der Waals surface area contributed by atoms with Crippen LogP contribution in [-0.4, -0.2) is 54.8 Å². The van der Waals surface area contributed by atoms with Crippen LogP contribution in [0.4, 0.5) is 11.8 Å². The highest BCUT2D eigenvalue weighted by atomic mass is 35.5. The Hall–Kier alpha value is -1.65. The van der Waals surface area contributed by atoms with Gasteiger partial charge in [-0.1, -0.05) is 11.6 Å². The predicted molar refractivity (Wildman–Crippen MR) is 74.4 cm³/mol. The van der Waals surface area contributed by atoms with Crippen LogP contribution < -0.4 is 11.5 Å². The van der Waals surface area contributed by atoms with Crippen LogP contribution in [0.2, 0.25) is 5.02 Å². The van der Waals surface area contributed by atoms with Gasteiger partial charge in [0.2, 0.25) is 5.95 Å². The molecular weight excluding hydrogens is 302 g/mol. The number of anilines is 2. The van der Waals surface area contributed by atoms with Crippen LogP contribution in [0.25, 0.3) is 11.0 Å². The molecule has 1 saturated heterocycles. The Morgan fingerprint density at radius 2 is 2.00 bits per heavy atom. The van der Waals surface area contributed by atoms with E-state index in [1.54, 1.807) is 0 Å². The van der Waals surface area contributed by atoms with Crippen LogP contribution in [0.5, 0.6) is 0 Å². The van der Waals surface area contributed by atoms with E-state index in [-0.39, 0.29) is 22.4 Å². The highest BCUT2D eigenvalue weighted by molar-refractivity contribution is 6.36. The van der Waals surface area contributed by atoms with Gasteiger partial charge in [-0.15, -0.1) is 0 Å². The molecule has 0 aromatic carbocycles. The maximum Gasteiger partial charge on any atom is 0.223 e. The maximum absolute atomic E-state index is 10.1. The van der Waals surface area contributed by atoms with Gasteiger partial charge < -0.3 is 36.1 Å². The third-order valence-electron chi connectivity index (χ3n) is 3.46. The van der Waals surface area contributed by atoms with Gasteiger partial charge in [-0.3, -0.25) is 0 Å². The fraction of sp³-hybridized carbons (Fsp3) is 0.455. The zero-order valence-corrected chi connectivity index (χ0v) is 11.5. The Balaban J connectivity index is 2.13. The van der Waals surface area contributed by atoms with Gasteiger partial charge in [-0.2, -0.15) is 9.97 Å². The standard InChI is InChI=1S/C11H14ClN5O4/c12-3-1-17(9-5(3)8(13)15-11(14)16-9)10-7(20)6(19)4(2-18)21-10/h1,4,6-7,10,18-20H,2H2,(H4,13,14,15,16)/t4-,6-,7-,10-/m1/s1. The molecule has 3 rings (SSSR count). The second kappa shape index (κ2) is 4.97. The van der Waals surface area contributed by atoms with Gasteiger partial charge in [0.1, 0.15) is 24.1 Å². The number of fused-ring (bicyclic) bond motifs is 1. The molecule has 0 saturated carbocycles. The van der Waals surface area contributed by atoms with Crippen LogP contribution in [0, 0.1) is 0 Å². The molecule has 1 aliphatic heterocycles. The molecule has 1 fully saturated rings. The Labute approximate surface area is 123 Å². The molecule has 4 atom stereocenters. The number of nitrogen functional groups attached to an aromatic ring is 2. The van der Waals surface area contributed by atoms with Crippen molar-refractivity contribution < 1.29 is 20.1 Å². The minimum Gasteiger partial charge on any atom is -0.394 e. The van der Waals surface area contributed by atoms with Crippen molar-refractivity contribution in [3.8, 4) is 0 Å². The molecule has 0 unspecified atom stereocenters. The Morgan fingerprint density at radius 3 is 2.62 bits per heavy atom. The average Bonchev–Trinajstić information content (AvgIpc) is 2.89. The van der Waals surface area contributed by atoms with Crippen molar-refractivity contribution in [3.63, 3.8) is 0 Å². The van der Waals surface area contributed by atoms with E-state index in [1.807, 2.05) is 0 Å². The Bertz CT molecular complexity index is 693. The summed E-state index contributed by atoms with van der Waals surface area (Å²) in [6.45, 7) is -0.430. The molecular formula is C11H14ClN5O4. The van der Waals surface area contributed by atoms with Gasteiger partial charge in [0.05, 0.1) is 17.0 Å². The van der Waals surface area contributed by atoms with Crippen LogP contribution in [0.15, 0.2) is 6.20 Å². The number of nitrogens with two attached hydrogens (primary N) is 2. The number of aliphatic hydroxyl groups is 3. The topological polar surface area (TPSA) is 153 Å². The molecule has 3 heterocycles. The van der Waals surface area contributed by atoms with Crippen LogP contribution >= 0.6 is 11.6 Å². The SMILES string of the molecule is Nc1nc(N)c2c(Cl)cn([C@@H]3O[C@H](CO)[C@@H](O)[C@H]3O)c2n1. The minimum absolute atomic E-state index is 0.0530. The largest absolute Gasteiger partial charge is 0.394 e. The quantitative estimate of drug-likeness (QED) is 0.466. The van der Waals surface area contributed by atoms with Gasteiger partial charge in [0, 0.05) is 6.20 Å². The molecule has 2 aromatic rings. The first-order chi connectivity index (χ1) is 9.93. The lowest BCUT2D eigenvalue weighted by molar-refractivity contribution is -0.0508. The molecule has 0 aliphatic carbocycles. The number of nitrogens with zero attached hydrogens (tertiary/aromatic N) is 3. The van der Waals surface area contributed by atoms with Gasteiger partial charge in [0.15, 0.2) is 11.9 Å². The lowest BCUT2D eigenvalue weighted by atomic mass is 10.1. The molecule has 0 radical (unpaired) electrons. The van der Waals surface area contributed by atoms with E-state index in [9.17, 15) is 10.2 Å². The van der Waals surface area contributed by atoms with Gasteiger partial charge in [-0.05, 0) is 0 Å². The highest BCUT2D eigenvalue weighted by Crippen LogP contribution is 2.36. The van der Waals surface area contributed by atoms with E-state index in [1.165, 1.54) is 10.8 Å². The fourth-order valence-electron chi connectivity index (χ4n) is 2.45. The predicted octanol–water partition coefficient (Wildman–Crippen LogP) is -1.14. The van der Waals surface area contributed by atoms with Crippen LogP contribution in [0.3, 0.4) is 0 Å². The first-order valence-corrected chi connectivity index (χ1v) is 6.53. The summed E-state index contributed by atoms with van der Waals surface area (Å²) >= 11 is 6.10. The van der Waals surface area contributed by atoms with Crippen molar-refractivity contribution in [1.29, 1.82) is 0 Å². The summed E-state index contributed by atoms with van der Waals surface area (Å²) in [5.74, 6) is 0.0516. The number of hydrogen-bond acceptors (Lipinski definition) is 8. The molecule has 114 valence electrons. The first kappa shape index (κ1) is 14.3. The molecule has 2 aromatic heterocycles. The average molecular weight is 316 g/mol. The third-order valence-corrected chi connectivity index (χ3v) is 3.75. The first-order valence-electron chi connectivity index (χ1n) is 6.15. The summed E-state index contributed by atoms with van der Waals surface area (Å²) in [5, 5.41) is 29.6. The van der Waals surface area contributed by atoms with Crippen LogP contribution in [0.1, 0.15) is 6.23 Å². The molecule has 0 spiro atoms. The lowest BCUT2D eigenvalue weighted by Crippen LogP contribution is -2.33. The summed E-state index contributed by atoms with van der Waals surface area (Å²) in [6.07, 6.45) is -2.91. The van der Waals surface area contributed by atoms with Crippen molar-refractivity contribution in [2.45, 2.75) is 24.5 Å².